The van der Waals surface area contributed by atoms with Crippen molar-refractivity contribution >= 4 is 52.2 Å². The van der Waals surface area contributed by atoms with Gasteiger partial charge in [0.1, 0.15) is 11.8 Å². The van der Waals surface area contributed by atoms with Crippen LogP contribution in [0.2, 0.25) is 5.02 Å². The highest BCUT2D eigenvalue weighted by Crippen LogP contribution is 2.20. The second-order valence-electron chi connectivity index (χ2n) is 4.80. The van der Waals surface area contributed by atoms with Crippen molar-refractivity contribution in [2.24, 2.45) is 0 Å². The second-order valence-corrected chi connectivity index (χ2v) is 6.20. The lowest BCUT2D eigenvalue weighted by Gasteiger charge is -2.06. The van der Waals surface area contributed by atoms with E-state index in [0.29, 0.717) is 26.9 Å². The maximum Gasteiger partial charge on any atom is 0.269 e. The number of rotatable bonds is 4. The molecule has 2 amide bonds. The van der Waals surface area contributed by atoms with Gasteiger partial charge in [0.05, 0.1) is 5.75 Å². The molecule has 2 heterocycles. The molecule has 0 spiro atoms. The van der Waals surface area contributed by atoms with Crippen LogP contribution in [-0.4, -0.2) is 37.5 Å². The van der Waals surface area contributed by atoms with Gasteiger partial charge in [-0.25, -0.2) is 15.0 Å². The summed E-state index contributed by atoms with van der Waals surface area (Å²) in [5.41, 5.74) is 11.7. The highest BCUT2D eigenvalue weighted by molar-refractivity contribution is 7.99. The Morgan fingerprint density at radius 2 is 1.96 bits per heavy atom. The summed E-state index contributed by atoms with van der Waals surface area (Å²) >= 11 is 6.89. The number of nitrogens with two attached hydrogens (primary N) is 1. The maximum atomic E-state index is 11.9. The van der Waals surface area contributed by atoms with Gasteiger partial charge in [0, 0.05) is 10.6 Å². The van der Waals surface area contributed by atoms with E-state index in [1.165, 1.54) is 6.33 Å². The molecule has 5 N–H and O–H groups in total. The number of nitrogens with zero attached hydrogens (tertiary/aromatic N) is 3. The van der Waals surface area contributed by atoms with E-state index in [0.717, 1.165) is 11.8 Å². The van der Waals surface area contributed by atoms with Crippen molar-refractivity contribution in [1.29, 1.82) is 0 Å². The van der Waals surface area contributed by atoms with Crippen LogP contribution in [0.4, 0.5) is 5.82 Å². The zero-order valence-electron chi connectivity index (χ0n) is 12.6. The van der Waals surface area contributed by atoms with E-state index >= 15 is 0 Å². The first-order valence-electron chi connectivity index (χ1n) is 6.96. The largest absolute Gasteiger partial charge is 0.382 e. The molecule has 0 unspecified atom stereocenters. The number of imidazole rings is 1. The van der Waals surface area contributed by atoms with E-state index in [4.69, 9.17) is 17.3 Å². The minimum atomic E-state index is -0.443. The van der Waals surface area contributed by atoms with E-state index in [1.54, 1.807) is 24.3 Å². The lowest BCUT2D eigenvalue weighted by atomic mass is 10.2. The van der Waals surface area contributed by atoms with Crippen molar-refractivity contribution in [3.05, 3.63) is 41.2 Å². The van der Waals surface area contributed by atoms with Gasteiger partial charge in [-0.05, 0) is 24.3 Å². The molecule has 25 heavy (non-hydrogen) atoms. The van der Waals surface area contributed by atoms with Crippen molar-refractivity contribution in [3.63, 3.8) is 0 Å². The first kappa shape index (κ1) is 17.0. The summed E-state index contributed by atoms with van der Waals surface area (Å²) in [4.78, 5) is 38.6. The number of fused-ring (bicyclic) bond motifs is 1. The molecule has 128 valence electrons. The van der Waals surface area contributed by atoms with E-state index in [2.05, 4.69) is 30.8 Å². The molecule has 0 aliphatic heterocycles. The number of aromatic nitrogens is 4. The number of H-pyrrole nitrogens is 1. The molecule has 1 aromatic carbocycles. The molecule has 0 aliphatic rings. The fourth-order valence-electron chi connectivity index (χ4n) is 1.86. The van der Waals surface area contributed by atoms with Crippen molar-refractivity contribution in [2.45, 2.75) is 5.16 Å². The van der Waals surface area contributed by atoms with Gasteiger partial charge in [0.2, 0.25) is 5.91 Å². The number of thioether (sulfide) groups is 1. The lowest BCUT2D eigenvalue weighted by Crippen LogP contribution is -2.42. The van der Waals surface area contributed by atoms with Gasteiger partial charge in [-0.2, -0.15) is 0 Å². The van der Waals surface area contributed by atoms with Crippen LogP contribution >= 0.6 is 23.4 Å². The first-order valence-corrected chi connectivity index (χ1v) is 8.33. The molecule has 3 aromatic rings. The second kappa shape index (κ2) is 7.36. The molecular weight excluding hydrogens is 366 g/mol. The first-order chi connectivity index (χ1) is 12.0. The van der Waals surface area contributed by atoms with Crippen LogP contribution in [0.25, 0.3) is 11.2 Å². The van der Waals surface area contributed by atoms with Crippen LogP contribution in [0.1, 0.15) is 10.4 Å². The number of nitrogens with one attached hydrogen (secondary N) is 3. The molecule has 0 bridgehead atoms. The summed E-state index contributed by atoms with van der Waals surface area (Å²) < 4.78 is 0. The Morgan fingerprint density at radius 1 is 1.20 bits per heavy atom. The summed E-state index contributed by atoms with van der Waals surface area (Å²) in [6.45, 7) is 0. The summed E-state index contributed by atoms with van der Waals surface area (Å²) in [6, 6.07) is 6.28. The zero-order chi connectivity index (χ0) is 17.8. The molecule has 0 aliphatic carbocycles. The molecule has 0 saturated heterocycles. The number of anilines is 1. The van der Waals surface area contributed by atoms with E-state index in [1.807, 2.05) is 0 Å². The summed E-state index contributed by atoms with van der Waals surface area (Å²) in [7, 11) is 0. The Labute approximate surface area is 150 Å². The normalized spacial score (nSPS) is 10.6. The van der Waals surface area contributed by atoms with Gasteiger partial charge in [-0.3, -0.25) is 20.4 Å². The summed E-state index contributed by atoms with van der Waals surface area (Å²) in [5.74, 6) is -0.522. The van der Waals surface area contributed by atoms with Crippen LogP contribution in [0.5, 0.6) is 0 Å². The van der Waals surface area contributed by atoms with Crippen LogP contribution in [0, 0.1) is 0 Å². The molecule has 3 rings (SSSR count). The number of amides is 2. The van der Waals surface area contributed by atoms with Gasteiger partial charge in [-0.1, -0.05) is 23.4 Å². The van der Waals surface area contributed by atoms with Crippen LogP contribution < -0.4 is 16.6 Å². The number of hydrogen-bond acceptors (Lipinski definition) is 7. The smallest absolute Gasteiger partial charge is 0.269 e. The molecule has 0 fully saturated rings. The van der Waals surface area contributed by atoms with Crippen molar-refractivity contribution in [3.8, 4) is 0 Å². The van der Waals surface area contributed by atoms with E-state index in [-0.39, 0.29) is 11.6 Å². The number of halogens is 1. The minimum absolute atomic E-state index is 0.0358. The Kier molecular flexibility index (Phi) is 5.00. The highest BCUT2D eigenvalue weighted by Gasteiger charge is 2.11. The monoisotopic (exact) mass is 377 g/mol. The Bertz CT molecular complexity index is 929. The van der Waals surface area contributed by atoms with Gasteiger partial charge < -0.3 is 10.7 Å². The average molecular weight is 378 g/mol. The molecule has 0 atom stereocenters. The third-order valence-electron chi connectivity index (χ3n) is 3.06. The summed E-state index contributed by atoms with van der Waals surface area (Å²) in [6.07, 6.45) is 1.31. The predicted molar refractivity (Wildman–Crippen MR) is 93.9 cm³/mol. The molecule has 0 saturated carbocycles. The standard InChI is InChI=1S/C14H12ClN7O2S/c15-8-3-1-7(2-4-8)13(24)22-21-9(23)5-25-14-19-10-11(16)17-6-18-12(10)20-14/h1-4,6H,5H2,(H,21,23)(H,22,24)(H3,16,17,18,19,20). The Hall–Kier alpha value is -2.85. The molecule has 2 aromatic heterocycles. The number of hydrazine groups is 1. The molecular formula is C14H12ClN7O2S. The number of carbonyl (C=O) groups is 2. The van der Waals surface area contributed by atoms with Crippen LogP contribution in [0.3, 0.4) is 0 Å². The van der Waals surface area contributed by atoms with Gasteiger partial charge in [-0.15, -0.1) is 0 Å². The SMILES string of the molecule is Nc1ncnc2nc(SCC(=O)NNC(=O)c3ccc(Cl)cc3)[nH]c12. The van der Waals surface area contributed by atoms with Crippen LogP contribution in [-0.2, 0) is 4.79 Å². The topological polar surface area (TPSA) is 139 Å². The van der Waals surface area contributed by atoms with Gasteiger partial charge >= 0.3 is 0 Å². The predicted octanol–water partition coefficient (Wildman–Crippen LogP) is 1.14. The fourth-order valence-corrected chi connectivity index (χ4v) is 2.65. The number of nitrogen functional groups attached to an aromatic ring is 1. The lowest BCUT2D eigenvalue weighted by molar-refractivity contribution is -0.119. The number of hydrogen-bond donors (Lipinski definition) is 4. The third kappa shape index (κ3) is 4.17. The highest BCUT2D eigenvalue weighted by atomic mass is 35.5. The van der Waals surface area contributed by atoms with Crippen molar-refractivity contribution < 1.29 is 9.59 Å². The minimum Gasteiger partial charge on any atom is -0.382 e. The molecule has 0 radical (unpaired) electrons. The molecule has 9 nitrogen and oxygen atoms in total. The van der Waals surface area contributed by atoms with Crippen LogP contribution in [0.15, 0.2) is 35.7 Å². The van der Waals surface area contributed by atoms with E-state index < -0.39 is 11.8 Å². The van der Waals surface area contributed by atoms with Crippen molar-refractivity contribution in [2.75, 3.05) is 11.5 Å². The Morgan fingerprint density at radius 3 is 2.68 bits per heavy atom. The average Bonchev–Trinajstić information content (AvgIpc) is 3.03. The van der Waals surface area contributed by atoms with Gasteiger partial charge in [0.25, 0.3) is 5.91 Å². The zero-order valence-corrected chi connectivity index (χ0v) is 14.2. The molecule has 11 heteroatoms. The number of aromatic amines is 1. The third-order valence-corrected chi connectivity index (χ3v) is 4.18. The van der Waals surface area contributed by atoms with Gasteiger partial charge in [0.15, 0.2) is 16.6 Å². The quantitative estimate of drug-likeness (QED) is 0.395. The fraction of sp³-hybridized carbons (Fsp3) is 0.0714. The Balaban J connectivity index is 1.51. The van der Waals surface area contributed by atoms with Crippen molar-refractivity contribution in [1.82, 2.24) is 30.8 Å². The maximum absolute atomic E-state index is 11.9. The number of benzene rings is 1. The number of carbonyl (C=O) groups excluding carboxylic acids is 2. The van der Waals surface area contributed by atoms with E-state index in [9.17, 15) is 9.59 Å². The summed E-state index contributed by atoms with van der Waals surface area (Å²) in [5, 5.41) is 0.995.